The molecule has 0 heterocycles. The van der Waals surface area contributed by atoms with E-state index in [2.05, 4.69) is 5.32 Å². The molecule has 0 fully saturated rings. The fraction of sp³-hybridized carbons (Fsp3) is 0.500. The third-order valence-electron chi connectivity index (χ3n) is 3.07. The lowest BCUT2D eigenvalue weighted by atomic mass is 10.1. The number of rotatable bonds is 5. The number of benzene rings is 1. The van der Waals surface area contributed by atoms with Gasteiger partial charge in [-0.1, -0.05) is 19.9 Å². The summed E-state index contributed by atoms with van der Waals surface area (Å²) in [6, 6.07) is 5.41. The lowest BCUT2D eigenvalue weighted by molar-refractivity contribution is -0.119. The van der Waals surface area contributed by atoms with Crippen LogP contribution in [0, 0.1) is 12.8 Å². The number of nitrogens with one attached hydrogen (secondary N) is 1. The Hall–Kier alpha value is -1.36. The van der Waals surface area contributed by atoms with Crippen LogP contribution < -0.4 is 11.1 Å². The molecule has 0 spiro atoms. The average molecular weight is 282 g/mol. The predicted molar refractivity (Wildman–Crippen MR) is 79.3 cm³/mol. The van der Waals surface area contributed by atoms with Gasteiger partial charge in [-0.2, -0.15) is 0 Å². The number of anilines is 1. The zero-order valence-corrected chi connectivity index (χ0v) is 12.7. The first kappa shape index (κ1) is 15.7. The summed E-state index contributed by atoms with van der Waals surface area (Å²) < 4.78 is 12.1. The number of nitrogens with two attached hydrogens (primary N) is 1. The van der Waals surface area contributed by atoms with Crippen molar-refractivity contribution in [2.45, 2.75) is 38.6 Å². The van der Waals surface area contributed by atoms with Crippen LogP contribution in [0.4, 0.5) is 5.69 Å². The molecule has 5 heteroatoms. The van der Waals surface area contributed by atoms with Crippen molar-refractivity contribution in [3.63, 3.8) is 0 Å². The van der Waals surface area contributed by atoms with Crippen molar-refractivity contribution < 1.29 is 9.00 Å². The Bertz CT molecular complexity index is 486. The normalized spacial score (nSPS) is 14.2. The molecule has 0 radical (unpaired) electrons. The van der Waals surface area contributed by atoms with Crippen LogP contribution in [-0.2, 0) is 15.6 Å². The van der Waals surface area contributed by atoms with Gasteiger partial charge in [-0.3, -0.25) is 9.00 Å². The van der Waals surface area contributed by atoms with E-state index >= 15 is 0 Å². The Morgan fingerprint density at radius 2 is 2.00 bits per heavy atom. The second-order valence-corrected chi connectivity index (χ2v) is 6.55. The molecule has 4 nitrogen and oxygen atoms in total. The highest BCUT2D eigenvalue weighted by atomic mass is 32.2. The molecule has 0 aliphatic carbocycles. The third-order valence-corrected chi connectivity index (χ3v) is 4.43. The van der Waals surface area contributed by atoms with E-state index in [1.54, 1.807) is 12.1 Å². The number of hydrogen-bond acceptors (Lipinski definition) is 3. The van der Waals surface area contributed by atoms with Gasteiger partial charge >= 0.3 is 0 Å². The number of amides is 1. The molecule has 1 aromatic carbocycles. The van der Waals surface area contributed by atoms with Gasteiger partial charge in [0.15, 0.2) is 0 Å². The lowest BCUT2D eigenvalue weighted by Crippen LogP contribution is -2.38. The zero-order chi connectivity index (χ0) is 14.6. The maximum Gasteiger partial charge on any atom is 0.233 e. The van der Waals surface area contributed by atoms with Gasteiger partial charge in [-0.25, -0.2) is 0 Å². The van der Waals surface area contributed by atoms with Crippen molar-refractivity contribution in [3.8, 4) is 0 Å². The summed E-state index contributed by atoms with van der Waals surface area (Å²) in [4.78, 5) is 12.3. The SMILES string of the molecule is Cc1ccc(N)c(S(=O)CC(=O)NC(C)C(C)C)c1. The Morgan fingerprint density at radius 1 is 1.37 bits per heavy atom. The summed E-state index contributed by atoms with van der Waals surface area (Å²) in [7, 11) is -1.40. The van der Waals surface area contributed by atoms with Gasteiger partial charge in [-0.15, -0.1) is 0 Å². The molecular formula is C14H22N2O2S. The van der Waals surface area contributed by atoms with Crippen LogP contribution in [0.5, 0.6) is 0 Å². The number of aryl methyl sites for hydroxylation is 1. The molecule has 0 aliphatic rings. The predicted octanol–water partition coefficient (Wildman–Crippen LogP) is 1.85. The van der Waals surface area contributed by atoms with E-state index in [9.17, 15) is 9.00 Å². The molecule has 2 atom stereocenters. The quantitative estimate of drug-likeness (QED) is 0.810. The molecule has 0 bridgehead atoms. The van der Waals surface area contributed by atoms with E-state index in [0.717, 1.165) is 5.56 Å². The molecule has 0 saturated carbocycles. The minimum atomic E-state index is -1.40. The van der Waals surface area contributed by atoms with Crippen LogP contribution in [0.15, 0.2) is 23.1 Å². The van der Waals surface area contributed by atoms with Crippen molar-refractivity contribution in [1.82, 2.24) is 5.32 Å². The largest absolute Gasteiger partial charge is 0.398 e. The first-order valence-electron chi connectivity index (χ1n) is 6.35. The maximum atomic E-state index is 12.1. The molecule has 2 unspecified atom stereocenters. The molecule has 3 N–H and O–H groups in total. The van der Waals surface area contributed by atoms with Gasteiger partial charge in [0.05, 0.1) is 15.7 Å². The fourth-order valence-corrected chi connectivity index (χ4v) is 2.62. The molecule has 0 saturated heterocycles. The number of carbonyl (C=O) groups is 1. The van der Waals surface area contributed by atoms with Crippen LogP contribution in [0.2, 0.25) is 0 Å². The summed E-state index contributed by atoms with van der Waals surface area (Å²) in [5.41, 5.74) is 7.24. The number of hydrogen-bond donors (Lipinski definition) is 2. The van der Waals surface area contributed by atoms with E-state index in [1.807, 2.05) is 33.8 Å². The standard InChI is InChI=1S/C14H22N2O2S/c1-9(2)11(4)16-14(17)8-19(18)13-7-10(3)5-6-12(13)15/h5-7,9,11H,8,15H2,1-4H3,(H,16,17). The van der Waals surface area contributed by atoms with Crippen molar-refractivity contribution >= 4 is 22.4 Å². The van der Waals surface area contributed by atoms with Crippen molar-refractivity contribution in [2.75, 3.05) is 11.5 Å². The highest BCUT2D eigenvalue weighted by Gasteiger charge is 2.16. The van der Waals surface area contributed by atoms with Gasteiger partial charge in [-0.05, 0) is 37.5 Å². The molecule has 1 aromatic rings. The van der Waals surface area contributed by atoms with E-state index in [4.69, 9.17) is 5.73 Å². The Labute approximate surface area is 117 Å². The molecular weight excluding hydrogens is 260 g/mol. The van der Waals surface area contributed by atoms with Crippen LogP contribution in [-0.4, -0.2) is 21.9 Å². The first-order chi connectivity index (χ1) is 8.81. The first-order valence-corrected chi connectivity index (χ1v) is 7.67. The second-order valence-electron chi connectivity index (χ2n) is 5.13. The molecule has 0 aromatic heterocycles. The fourth-order valence-electron chi connectivity index (χ4n) is 1.50. The van der Waals surface area contributed by atoms with Crippen LogP contribution >= 0.6 is 0 Å². The summed E-state index contributed by atoms with van der Waals surface area (Å²) in [6.45, 7) is 7.90. The number of nitrogen functional groups attached to an aromatic ring is 1. The average Bonchev–Trinajstić information content (AvgIpc) is 2.31. The van der Waals surface area contributed by atoms with Gasteiger partial charge < -0.3 is 11.1 Å². The monoisotopic (exact) mass is 282 g/mol. The van der Waals surface area contributed by atoms with E-state index in [0.29, 0.717) is 16.5 Å². The van der Waals surface area contributed by atoms with Crippen molar-refractivity contribution in [3.05, 3.63) is 23.8 Å². The highest BCUT2D eigenvalue weighted by Crippen LogP contribution is 2.18. The van der Waals surface area contributed by atoms with Gasteiger partial charge in [0.25, 0.3) is 0 Å². The summed E-state index contributed by atoms with van der Waals surface area (Å²) in [5.74, 6) is 0.0897. The van der Waals surface area contributed by atoms with Crippen molar-refractivity contribution in [2.24, 2.45) is 5.92 Å². The number of carbonyl (C=O) groups excluding carboxylic acids is 1. The van der Waals surface area contributed by atoms with Crippen LogP contribution in [0.3, 0.4) is 0 Å². The summed E-state index contributed by atoms with van der Waals surface area (Å²) in [6.07, 6.45) is 0. The molecule has 1 amide bonds. The maximum absolute atomic E-state index is 12.1. The van der Waals surface area contributed by atoms with Crippen LogP contribution in [0.1, 0.15) is 26.3 Å². The topological polar surface area (TPSA) is 72.2 Å². The van der Waals surface area contributed by atoms with Gasteiger partial charge in [0, 0.05) is 11.7 Å². The van der Waals surface area contributed by atoms with Crippen molar-refractivity contribution in [1.29, 1.82) is 0 Å². The zero-order valence-electron chi connectivity index (χ0n) is 11.9. The molecule has 0 aliphatic heterocycles. The second kappa shape index (κ2) is 6.70. The summed E-state index contributed by atoms with van der Waals surface area (Å²) >= 11 is 0. The van der Waals surface area contributed by atoms with E-state index in [1.165, 1.54) is 0 Å². The Balaban J connectivity index is 2.69. The van der Waals surface area contributed by atoms with E-state index in [-0.39, 0.29) is 17.7 Å². The minimum Gasteiger partial charge on any atom is -0.398 e. The molecule has 106 valence electrons. The third kappa shape index (κ3) is 4.67. The smallest absolute Gasteiger partial charge is 0.233 e. The Morgan fingerprint density at radius 3 is 2.58 bits per heavy atom. The molecule has 19 heavy (non-hydrogen) atoms. The van der Waals surface area contributed by atoms with Gasteiger partial charge in [0.2, 0.25) is 5.91 Å². The molecule has 1 rings (SSSR count). The minimum absolute atomic E-state index is 0.0509. The highest BCUT2D eigenvalue weighted by molar-refractivity contribution is 7.86. The van der Waals surface area contributed by atoms with E-state index < -0.39 is 10.8 Å². The van der Waals surface area contributed by atoms with Gasteiger partial charge in [0.1, 0.15) is 5.75 Å². The lowest BCUT2D eigenvalue weighted by Gasteiger charge is -2.17. The Kier molecular flexibility index (Phi) is 5.54. The van der Waals surface area contributed by atoms with Crippen LogP contribution in [0.25, 0.3) is 0 Å². The summed E-state index contributed by atoms with van der Waals surface area (Å²) in [5, 5.41) is 2.84.